The molecule has 26 heavy (non-hydrogen) atoms. The molecule has 1 aliphatic carbocycles. The maximum absolute atomic E-state index is 12.4. The summed E-state index contributed by atoms with van der Waals surface area (Å²) in [7, 11) is 0. The van der Waals surface area contributed by atoms with Crippen LogP contribution in [0.15, 0.2) is 54.6 Å². The first-order valence-electron chi connectivity index (χ1n) is 9.30. The standard InChI is InChI=1S/C22H26N2O2/c1-22(15-5-6-16-22)21(26)24-19-12-10-18(11-13-19)23-20(25)14-9-17-7-3-2-4-8-17/h2-4,7-8,10-13H,5-6,9,14-16H2,1H3,(H,23,25)(H,24,26). The van der Waals surface area contributed by atoms with Crippen molar-refractivity contribution in [2.75, 3.05) is 10.6 Å². The molecule has 3 rings (SSSR count). The third-order valence-corrected chi connectivity index (χ3v) is 5.17. The van der Waals surface area contributed by atoms with Crippen LogP contribution in [0.25, 0.3) is 0 Å². The van der Waals surface area contributed by atoms with Gasteiger partial charge in [0, 0.05) is 23.2 Å². The van der Waals surface area contributed by atoms with Crippen LogP contribution >= 0.6 is 0 Å². The summed E-state index contributed by atoms with van der Waals surface area (Å²) in [6.45, 7) is 2.04. The van der Waals surface area contributed by atoms with Crippen molar-refractivity contribution in [3.05, 3.63) is 60.2 Å². The molecule has 1 fully saturated rings. The van der Waals surface area contributed by atoms with Crippen molar-refractivity contribution in [3.63, 3.8) is 0 Å². The molecule has 0 bridgehead atoms. The molecule has 0 radical (unpaired) electrons. The van der Waals surface area contributed by atoms with Crippen LogP contribution in [0.5, 0.6) is 0 Å². The number of amides is 2. The monoisotopic (exact) mass is 350 g/mol. The van der Waals surface area contributed by atoms with E-state index in [2.05, 4.69) is 10.6 Å². The average molecular weight is 350 g/mol. The van der Waals surface area contributed by atoms with Crippen LogP contribution in [-0.2, 0) is 16.0 Å². The summed E-state index contributed by atoms with van der Waals surface area (Å²) in [5.74, 6) is 0.0822. The zero-order valence-corrected chi connectivity index (χ0v) is 15.3. The number of carbonyl (C=O) groups excluding carboxylic acids is 2. The second-order valence-electron chi connectivity index (χ2n) is 7.33. The number of hydrogen-bond acceptors (Lipinski definition) is 2. The molecule has 0 atom stereocenters. The summed E-state index contributed by atoms with van der Waals surface area (Å²) < 4.78 is 0. The van der Waals surface area contributed by atoms with Crippen LogP contribution in [-0.4, -0.2) is 11.8 Å². The highest BCUT2D eigenvalue weighted by molar-refractivity contribution is 5.96. The molecule has 2 N–H and O–H groups in total. The summed E-state index contributed by atoms with van der Waals surface area (Å²) in [4.78, 5) is 24.5. The summed E-state index contributed by atoms with van der Waals surface area (Å²) >= 11 is 0. The highest BCUT2D eigenvalue weighted by Gasteiger charge is 2.36. The fourth-order valence-electron chi connectivity index (χ4n) is 3.43. The van der Waals surface area contributed by atoms with Gasteiger partial charge in [-0.3, -0.25) is 9.59 Å². The molecule has 0 saturated heterocycles. The zero-order chi connectivity index (χ0) is 18.4. The van der Waals surface area contributed by atoms with Crippen LogP contribution in [0.1, 0.15) is 44.6 Å². The van der Waals surface area contributed by atoms with E-state index in [0.717, 1.165) is 49.0 Å². The Labute approximate surface area is 155 Å². The van der Waals surface area contributed by atoms with Gasteiger partial charge in [0.05, 0.1) is 0 Å². The van der Waals surface area contributed by atoms with E-state index in [9.17, 15) is 9.59 Å². The van der Waals surface area contributed by atoms with Gasteiger partial charge in [-0.25, -0.2) is 0 Å². The molecule has 4 nitrogen and oxygen atoms in total. The van der Waals surface area contributed by atoms with Gasteiger partial charge < -0.3 is 10.6 Å². The molecule has 0 unspecified atom stereocenters. The van der Waals surface area contributed by atoms with E-state index in [4.69, 9.17) is 0 Å². The van der Waals surface area contributed by atoms with Crippen molar-refractivity contribution in [3.8, 4) is 0 Å². The van der Waals surface area contributed by atoms with Gasteiger partial charge in [-0.2, -0.15) is 0 Å². The van der Waals surface area contributed by atoms with E-state index in [0.29, 0.717) is 6.42 Å². The van der Waals surface area contributed by atoms with Crippen LogP contribution in [0.3, 0.4) is 0 Å². The molecule has 2 amide bonds. The number of benzene rings is 2. The van der Waals surface area contributed by atoms with Gasteiger partial charge in [0.25, 0.3) is 0 Å². The molecular formula is C22H26N2O2. The minimum absolute atomic E-state index is 0.0101. The highest BCUT2D eigenvalue weighted by atomic mass is 16.2. The normalized spacial score (nSPS) is 15.4. The number of anilines is 2. The molecule has 0 spiro atoms. The lowest BCUT2D eigenvalue weighted by atomic mass is 9.88. The van der Waals surface area contributed by atoms with Crippen molar-refractivity contribution in [1.29, 1.82) is 0 Å². The van der Waals surface area contributed by atoms with Crippen LogP contribution in [0.4, 0.5) is 11.4 Å². The van der Waals surface area contributed by atoms with Crippen LogP contribution in [0, 0.1) is 5.41 Å². The van der Waals surface area contributed by atoms with Gasteiger partial charge in [0.2, 0.25) is 11.8 Å². The zero-order valence-electron chi connectivity index (χ0n) is 15.3. The Morgan fingerprint density at radius 1 is 0.885 bits per heavy atom. The fourth-order valence-corrected chi connectivity index (χ4v) is 3.43. The van der Waals surface area contributed by atoms with Gasteiger partial charge in [-0.05, 0) is 49.1 Å². The lowest BCUT2D eigenvalue weighted by Gasteiger charge is -2.22. The van der Waals surface area contributed by atoms with E-state index >= 15 is 0 Å². The lowest BCUT2D eigenvalue weighted by Crippen LogP contribution is -2.30. The van der Waals surface area contributed by atoms with E-state index in [1.165, 1.54) is 0 Å². The molecule has 0 aromatic heterocycles. The van der Waals surface area contributed by atoms with Gasteiger partial charge in [-0.1, -0.05) is 50.1 Å². The maximum atomic E-state index is 12.4. The van der Waals surface area contributed by atoms with Crippen molar-refractivity contribution < 1.29 is 9.59 Å². The van der Waals surface area contributed by atoms with Crippen molar-refractivity contribution >= 4 is 23.2 Å². The van der Waals surface area contributed by atoms with Gasteiger partial charge in [0.15, 0.2) is 0 Å². The Bertz CT molecular complexity index is 747. The van der Waals surface area contributed by atoms with E-state index in [1.54, 1.807) is 0 Å². The minimum atomic E-state index is -0.246. The molecule has 0 aliphatic heterocycles. The van der Waals surface area contributed by atoms with Crippen LogP contribution < -0.4 is 10.6 Å². The predicted octanol–water partition coefficient (Wildman–Crippen LogP) is 4.78. The smallest absolute Gasteiger partial charge is 0.230 e. The number of nitrogens with one attached hydrogen (secondary N) is 2. The van der Waals surface area contributed by atoms with Gasteiger partial charge in [0.1, 0.15) is 0 Å². The lowest BCUT2D eigenvalue weighted by molar-refractivity contribution is -0.124. The maximum Gasteiger partial charge on any atom is 0.230 e. The first-order valence-corrected chi connectivity index (χ1v) is 9.30. The molecule has 2 aromatic carbocycles. The number of aryl methyl sites for hydroxylation is 1. The third kappa shape index (κ3) is 4.72. The number of hydrogen-bond donors (Lipinski definition) is 2. The Kier molecular flexibility index (Phi) is 5.71. The van der Waals surface area contributed by atoms with Crippen molar-refractivity contribution in [2.24, 2.45) is 5.41 Å². The molecule has 0 heterocycles. The average Bonchev–Trinajstić information content (AvgIpc) is 3.10. The fraction of sp³-hybridized carbons (Fsp3) is 0.364. The van der Waals surface area contributed by atoms with E-state index in [-0.39, 0.29) is 17.2 Å². The molecular weight excluding hydrogens is 324 g/mol. The number of carbonyl (C=O) groups is 2. The largest absolute Gasteiger partial charge is 0.326 e. The Balaban J connectivity index is 1.49. The second kappa shape index (κ2) is 8.17. The van der Waals surface area contributed by atoms with Gasteiger partial charge >= 0.3 is 0 Å². The molecule has 2 aromatic rings. The molecule has 4 heteroatoms. The van der Waals surface area contributed by atoms with Crippen LogP contribution in [0.2, 0.25) is 0 Å². The topological polar surface area (TPSA) is 58.2 Å². The summed E-state index contributed by atoms with van der Waals surface area (Å²) in [6.07, 6.45) is 5.32. The number of rotatable bonds is 6. The molecule has 136 valence electrons. The predicted molar refractivity (Wildman–Crippen MR) is 105 cm³/mol. The Morgan fingerprint density at radius 3 is 2.08 bits per heavy atom. The first-order chi connectivity index (χ1) is 12.5. The van der Waals surface area contributed by atoms with Crippen molar-refractivity contribution in [2.45, 2.75) is 45.4 Å². The summed E-state index contributed by atoms with van der Waals surface area (Å²) in [5, 5.41) is 5.90. The van der Waals surface area contributed by atoms with E-state index in [1.807, 2.05) is 61.5 Å². The van der Waals surface area contributed by atoms with Gasteiger partial charge in [-0.15, -0.1) is 0 Å². The minimum Gasteiger partial charge on any atom is -0.326 e. The third-order valence-electron chi connectivity index (χ3n) is 5.17. The molecule has 1 aliphatic rings. The SMILES string of the molecule is CC1(C(=O)Nc2ccc(NC(=O)CCc3ccccc3)cc2)CCCC1. The Hall–Kier alpha value is -2.62. The quantitative estimate of drug-likeness (QED) is 0.788. The van der Waals surface area contributed by atoms with Crippen molar-refractivity contribution in [1.82, 2.24) is 0 Å². The Morgan fingerprint density at radius 2 is 1.46 bits per heavy atom. The summed E-state index contributed by atoms with van der Waals surface area (Å²) in [6, 6.07) is 17.3. The van der Waals surface area contributed by atoms with E-state index < -0.39 is 0 Å². The first kappa shape index (κ1) is 18.2. The highest BCUT2D eigenvalue weighted by Crippen LogP contribution is 2.38. The molecule has 1 saturated carbocycles. The summed E-state index contributed by atoms with van der Waals surface area (Å²) in [5.41, 5.74) is 2.42. The second-order valence-corrected chi connectivity index (χ2v) is 7.33.